The molecule has 0 saturated heterocycles. The quantitative estimate of drug-likeness (QED) is 0.577. The lowest BCUT2D eigenvalue weighted by atomic mass is 10.2. The van der Waals surface area contributed by atoms with E-state index < -0.39 is 0 Å². The molecule has 0 N–H and O–H groups in total. The van der Waals surface area contributed by atoms with Gasteiger partial charge in [0.1, 0.15) is 0 Å². The summed E-state index contributed by atoms with van der Waals surface area (Å²) in [5.74, 6) is 0. The third kappa shape index (κ3) is 1.67. The largest absolute Gasteiger partial charge is 0.0828 e. The lowest BCUT2D eigenvalue weighted by Gasteiger charge is -2.09. The van der Waals surface area contributed by atoms with Crippen LogP contribution >= 0.6 is 55.1 Å². The molecule has 0 amide bonds. The normalized spacial score (nSPS) is 10.5. The predicted octanol–water partition coefficient (Wildman–Crippen LogP) is 5.14. The first-order valence-electron chi connectivity index (χ1n) is 3.26. The van der Waals surface area contributed by atoms with Crippen molar-refractivity contribution < 1.29 is 0 Å². The second kappa shape index (κ2) is 3.87. The Kier molecular flexibility index (Phi) is 3.49. The van der Waals surface area contributed by atoms with Crippen molar-refractivity contribution in [3.63, 3.8) is 0 Å². The number of halogens is 4. The molecule has 1 aromatic carbocycles. The molecule has 0 aliphatic rings. The Hall–Kier alpha value is 0.760. The highest BCUT2D eigenvalue weighted by atomic mass is 79.9. The summed E-state index contributed by atoms with van der Waals surface area (Å²) in [5.41, 5.74) is 1.92. The van der Waals surface area contributed by atoms with Gasteiger partial charge in [0.15, 0.2) is 0 Å². The van der Waals surface area contributed by atoms with Crippen LogP contribution in [0.1, 0.15) is 11.1 Å². The van der Waals surface area contributed by atoms with Crippen LogP contribution in [0.5, 0.6) is 0 Å². The molecule has 0 atom stereocenters. The Morgan fingerprint density at radius 2 is 1.08 bits per heavy atom. The molecule has 0 aliphatic heterocycles. The molecule has 0 saturated carbocycles. The molecular weight excluding hydrogens is 327 g/mol. The van der Waals surface area contributed by atoms with E-state index in [1.165, 1.54) is 0 Å². The maximum Gasteiger partial charge on any atom is 0.0592 e. The highest BCUT2D eigenvalue weighted by Crippen LogP contribution is 2.40. The van der Waals surface area contributed by atoms with Crippen LogP contribution in [0.4, 0.5) is 0 Å². The van der Waals surface area contributed by atoms with Crippen LogP contribution in [-0.2, 0) is 0 Å². The van der Waals surface area contributed by atoms with Crippen LogP contribution in [0.2, 0.25) is 10.0 Å². The molecule has 0 radical (unpaired) electrons. The lowest BCUT2D eigenvalue weighted by Crippen LogP contribution is -1.87. The van der Waals surface area contributed by atoms with Gasteiger partial charge in [0.25, 0.3) is 0 Å². The Bertz CT molecular complexity index is 229. The zero-order valence-corrected chi connectivity index (χ0v) is 11.2. The van der Waals surface area contributed by atoms with Gasteiger partial charge in [0.05, 0.1) is 10.0 Å². The fourth-order valence-electron chi connectivity index (χ4n) is 0.851. The van der Waals surface area contributed by atoms with Crippen LogP contribution in [0, 0.1) is 13.8 Å². The monoisotopic (exact) mass is 330 g/mol. The molecule has 12 heavy (non-hydrogen) atoms. The predicted molar refractivity (Wildman–Crippen MR) is 61.3 cm³/mol. The average Bonchev–Trinajstić information content (AvgIpc) is 2.08. The van der Waals surface area contributed by atoms with Crippen molar-refractivity contribution in [2.75, 3.05) is 0 Å². The molecule has 0 nitrogen and oxygen atoms in total. The summed E-state index contributed by atoms with van der Waals surface area (Å²) >= 11 is 18.8. The number of benzene rings is 1. The van der Waals surface area contributed by atoms with Crippen molar-refractivity contribution in [2.24, 2.45) is 0 Å². The molecular formula is C8H6Br2Cl2. The molecule has 0 spiro atoms. The maximum absolute atomic E-state index is 6.02. The van der Waals surface area contributed by atoms with Crippen molar-refractivity contribution in [1.82, 2.24) is 0 Å². The van der Waals surface area contributed by atoms with Gasteiger partial charge in [-0.3, -0.25) is 0 Å². The van der Waals surface area contributed by atoms with Gasteiger partial charge >= 0.3 is 0 Å². The van der Waals surface area contributed by atoms with Crippen molar-refractivity contribution >= 4 is 55.1 Å². The third-order valence-electron chi connectivity index (χ3n) is 1.70. The Morgan fingerprint density at radius 3 is 1.33 bits per heavy atom. The summed E-state index contributed by atoms with van der Waals surface area (Å²) < 4.78 is 1.74. The van der Waals surface area contributed by atoms with Crippen molar-refractivity contribution in [3.8, 4) is 0 Å². The fourth-order valence-corrected chi connectivity index (χ4v) is 2.54. The first kappa shape index (κ1) is 10.8. The van der Waals surface area contributed by atoms with E-state index in [2.05, 4.69) is 31.9 Å². The standard InChI is InChI=1S/C8H6Br2Cl2/c1-3-5(9)8(12)4(2)6(10)7(3)11/h1-2H3. The van der Waals surface area contributed by atoms with E-state index in [0.29, 0.717) is 10.0 Å². The molecule has 0 heterocycles. The van der Waals surface area contributed by atoms with E-state index in [4.69, 9.17) is 23.2 Å². The lowest BCUT2D eigenvalue weighted by molar-refractivity contribution is 1.34. The van der Waals surface area contributed by atoms with Gasteiger partial charge in [-0.05, 0) is 56.8 Å². The molecule has 66 valence electrons. The summed E-state index contributed by atoms with van der Waals surface area (Å²) in [7, 11) is 0. The van der Waals surface area contributed by atoms with Crippen LogP contribution < -0.4 is 0 Å². The maximum atomic E-state index is 6.02. The summed E-state index contributed by atoms with van der Waals surface area (Å²) in [5, 5.41) is 1.42. The number of hydrogen-bond donors (Lipinski definition) is 0. The van der Waals surface area contributed by atoms with Gasteiger partial charge in [-0.2, -0.15) is 0 Å². The third-order valence-corrected chi connectivity index (χ3v) is 5.09. The van der Waals surface area contributed by atoms with Gasteiger partial charge in [-0.15, -0.1) is 0 Å². The Labute approximate surface area is 98.5 Å². The van der Waals surface area contributed by atoms with Crippen LogP contribution in [0.25, 0.3) is 0 Å². The average molecular weight is 333 g/mol. The topological polar surface area (TPSA) is 0 Å². The van der Waals surface area contributed by atoms with Crippen LogP contribution in [0.15, 0.2) is 8.95 Å². The van der Waals surface area contributed by atoms with E-state index in [1.807, 2.05) is 13.8 Å². The number of hydrogen-bond acceptors (Lipinski definition) is 0. The van der Waals surface area contributed by atoms with Gasteiger partial charge in [0, 0.05) is 8.95 Å². The fraction of sp³-hybridized carbons (Fsp3) is 0.250. The second-order valence-corrected chi connectivity index (χ2v) is 4.85. The van der Waals surface area contributed by atoms with E-state index >= 15 is 0 Å². The zero-order chi connectivity index (χ0) is 9.46. The molecule has 0 bridgehead atoms. The highest BCUT2D eigenvalue weighted by molar-refractivity contribution is 9.11. The zero-order valence-electron chi connectivity index (χ0n) is 6.51. The van der Waals surface area contributed by atoms with Gasteiger partial charge < -0.3 is 0 Å². The molecule has 0 unspecified atom stereocenters. The van der Waals surface area contributed by atoms with Gasteiger partial charge in [-0.1, -0.05) is 23.2 Å². The van der Waals surface area contributed by atoms with Gasteiger partial charge in [0.2, 0.25) is 0 Å². The molecule has 1 rings (SSSR count). The minimum absolute atomic E-state index is 0.712. The highest BCUT2D eigenvalue weighted by Gasteiger charge is 2.13. The first-order chi connectivity index (χ1) is 5.46. The molecule has 0 aliphatic carbocycles. The van der Waals surface area contributed by atoms with Crippen LogP contribution in [0.3, 0.4) is 0 Å². The van der Waals surface area contributed by atoms with E-state index in [9.17, 15) is 0 Å². The van der Waals surface area contributed by atoms with Crippen molar-refractivity contribution in [3.05, 3.63) is 30.1 Å². The van der Waals surface area contributed by atoms with E-state index in [-0.39, 0.29) is 0 Å². The minimum atomic E-state index is 0.712. The molecule has 0 fully saturated rings. The summed E-state index contributed by atoms with van der Waals surface area (Å²) in [6.45, 7) is 3.84. The minimum Gasteiger partial charge on any atom is -0.0828 e. The van der Waals surface area contributed by atoms with E-state index in [0.717, 1.165) is 20.1 Å². The summed E-state index contributed by atoms with van der Waals surface area (Å²) in [4.78, 5) is 0. The first-order valence-corrected chi connectivity index (χ1v) is 5.60. The second-order valence-electron chi connectivity index (χ2n) is 2.51. The molecule has 4 heteroatoms. The molecule has 1 aromatic rings. The van der Waals surface area contributed by atoms with Crippen molar-refractivity contribution in [2.45, 2.75) is 13.8 Å². The summed E-state index contributed by atoms with van der Waals surface area (Å²) in [6, 6.07) is 0. The smallest absolute Gasteiger partial charge is 0.0592 e. The summed E-state index contributed by atoms with van der Waals surface area (Å²) in [6.07, 6.45) is 0. The molecule has 0 aromatic heterocycles. The van der Waals surface area contributed by atoms with Crippen LogP contribution in [-0.4, -0.2) is 0 Å². The number of rotatable bonds is 0. The Morgan fingerprint density at radius 1 is 0.833 bits per heavy atom. The van der Waals surface area contributed by atoms with Gasteiger partial charge in [-0.25, -0.2) is 0 Å². The van der Waals surface area contributed by atoms with E-state index in [1.54, 1.807) is 0 Å². The van der Waals surface area contributed by atoms with Crippen molar-refractivity contribution in [1.29, 1.82) is 0 Å². The SMILES string of the molecule is Cc1c(Cl)c(Br)c(C)c(Cl)c1Br. The Balaban J connectivity index is 3.60.